The smallest absolute Gasteiger partial charge is 0.335 e. The van der Waals surface area contributed by atoms with E-state index in [9.17, 15) is 9.90 Å². The summed E-state index contributed by atoms with van der Waals surface area (Å²) in [6, 6.07) is 21.0. The van der Waals surface area contributed by atoms with Crippen LogP contribution in [0.25, 0.3) is 5.69 Å². The maximum atomic E-state index is 11.3. The third-order valence-electron chi connectivity index (χ3n) is 6.68. The SMILES string of the molecule is Cc1cc(N2C(=S)N[C@H](c3ccccn3)[C@@H]2c2cc(C)n(-c3ccc(C(=O)O)cc3)c2C)ccc1Br. The standard InChI is InChI=1S/C28H25BrN4O2S/c1-16-14-21(11-12-23(16)29)33-26(25(31-28(33)36)24-6-4-5-13-30-24)22-15-17(2)32(18(22)3)20-9-7-19(8-10-20)27(34)35/h4-15,25-26H,1-3H3,(H,31,36)(H,34,35)/t25-,26+/m1/s1. The number of benzene rings is 2. The Kier molecular flexibility index (Phi) is 6.40. The van der Waals surface area contributed by atoms with E-state index in [0.29, 0.717) is 5.11 Å². The Hall–Kier alpha value is -3.49. The zero-order valence-corrected chi connectivity index (χ0v) is 22.5. The molecule has 182 valence electrons. The number of hydrogen-bond donors (Lipinski definition) is 2. The Morgan fingerprint density at radius 1 is 1.03 bits per heavy atom. The Bertz CT molecular complexity index is 1470. The zero-order chi connectivity index (χ0) is 25.6. The first kappa shape index (κ1) is 24.2. The summed E-state index contributed by atoms with van der Waals surface area (Å²) in [5, 5.41) is 13.5. The first-order valence-corrected chi connectivity index (χ1v) is 12.8. The van der Waals surface area contributed by atoms with Gasteiger partial charge in [-0.3, -0.25) is 4.98 Å². The third kappa shape index (κ3) is 4.20. The number of aromatic carboxylic acids is 1. The van der Waals surface area contributed by atoms with E-state index in [0.717, 1.165) is 44.1 Å². The Balaban J connectivity index is 1.66. The first-order chi connectivity index (χ1) is 17.3. The van der Waals surface area contributed by atoms with Gasteiger partial charge >= 0.3 is 5.97 Å². The van der Waals surface area contributed by atoms with Gasteiger partial charge in [0.15, 0.2) is 5.11 Å². The highest BCUT2D eigenvalue weighted by atomic mass is 79.9. The summed E-state index contributed by atoms with van der Waals surface area (Å²) in [4.78, 5) is 18.2. The van der Waals surface area contributed by atoms with Crippen LogP contribution in [-0.2, 0) is 0 Å². The number of carbonyl (C=O) groups is 1. The van der Waals surface area contributed by atoms with Gasteiger partial charge in [-0.05, 0) is 105 Å². The van der Waals surface area contributed by atoms with Crippen molar-refractivity contribution in [2.45, 2.75) is 32.9 Å². The molecule has 3 heterocycles. The van der Waals surface area contributed by atoms with Crippen molar-refractivity contribution in [1.82, 2.24) is 14.9 Å². The molecular formula is C28H25BrN4O2S. The van der Waals surface area contributed by atoms with E-state index in [2.05, 4.69) is 74.7 Å². The van der Waals surface area contributed by atoms with Crippen LogP contribution in [0.5, 0.6) is 0 Å². The summed E-state index contributed by atoms with van der Waals surface area (Å²) in [5.74, 6) is -0.938. The minimum Gasteiger partial charge on any atom is -0.478 e. The van der Waals surface area contributed by atoms with Crippen LogP contribution in [0.15, 0.2) is 77.4 Å². The number of nitrogens with zero attached hydrogens (tertiary/aromatic N) is 3. The van der Waals surface area contributed by atoms with Crippen LogP contribution < -0.4 is 10.2 Å². The number of pyridine rings is 1. The number of rotatable bonds is 5. The molecule has 0 radical (unpaired) electrons. The number of halogens is 1. The molecule has 6 nitrogen and oxygen atoms in total. The van der Waals surface area contributed by atoms with E-state index in [4.69, 9.17) is 12.2 Å². The summed E-state index contributed by atoms with van der Waals surface area (Å²) >= 11 is 9.49. The Labute approximate surface area is 223 Å². The second kappa shape index (κ2) is 9.52. The van der Waals surface area contributed by atoms with Gasteiger partial charge in [0, 0.05) is 33.4 Å². The maximum absolute atomic E-state index is 11.3. The second-order valence-corrected chi connectivity index (χ2v) is 10.2. The molecule has 8 heteroatoms. The third-order valence-corrected chi connectivity index (χ3v) is 7.88. The molecular weight excluding hydrogens is 536 g/mol. The molecule has 0 bridgehead atoms. The highest BCUT2D eigenvalue weighted by Crippen LogP contribution is 2.44. The molecule has 1 fully saturated rings. The summed E-state index contributed by atoms with van der Waals surface area (Å²) in [7, 11) is 0. The molecule has 2 aromatic carbocycles. The van der Waals surface area contributed by atoms with Crippen LogP contribution in [0.2, 0.25) is 0 Å². The lowest BCUT2D eigenvalue weighted by molar-refractivity contribution is 0.0697. The van der Waals surface area contributed by atoms with Crippen LogP contribution in [0, 0.1) is 20.8 Å². The molecule has 2 atom stereocenters. The van der Waals surface area contributed by atoms with Gasteiger partial charge in [0.2, 0.25) is 0 Å². The predicted molar refractivity (Wildman–Crippen MR) is 149 cm³/mol. The second-order valence-electron chi connectivity index (χ2n) is 8.94. The van der Waals surface area contributed by atoms with Crippen molar-refractivity contribution in [3.05, 3.63) is 111 Å². The first-order valence-electron chi connectivity index (χ1n) is 11.6. The molecule has 4 aromatic rings. The number of carboxylic acids is 1. The van der Waals surface area contributed by atoms with Crippen molar-refractivity contribution < 1.29 is 9.90 Å². The average molecular weight is 562 g/mol. The van der Waals surface area contributed by atoms with Gasteiger partial charge in [-0.2, -0.15) is 0 Å². The minimum absolute atomic E-state index is 0.133. The largest absolute Gasteiger partial charge is 0.478 e. The molecule has 1 saturated heterocycles. The fraction of sp³-hybridized carbons (Fsp3) is 0.179. The van der Waals surface area contributed by atoms with Crippen molar-refractivity contribution in [3.8, 4) is 5.69 Å². The minimum atomic E-state index is -0.938. The van der Waals surface area contributed by atoms with Crippen molar-refractivity contribution in [2.24, 2.45) is 0 Å². The number of hydrogen-bond acceptors (Lipinski definition) is 3. The topological polar surface area (TPSA) is 70.4 Å². The fourth-order valence-corrected chi connectivity index (χ4v) is 5.56. The molecule has 5 rings (SSSR count). The van der Waals surface area contributed by atoms with Gasteiger partial charge in [0.1, 0.15) is 0 Å². The molecule has 0 spiro atoms. The molecule has 36 heavy (non-hydrogen) atoms. The van der Waals surface area contributed by atoms with Gasteiger partial charge in [0.05, 0.1) is 23.3 Å². The molecule has 1 aliphatic heterocycles. The summed E-state index contributed by atoms with van der Waals surface area (Å²) in [6.07, 6.45) is 1.80. The Morgan fingerprint density at radius 3 is 2.39 bits per heavy atom. The van der Waals surface area contributed by atoms with Crippen molar-refractivity contribution in [1.29, 1.82) is 0 Å². The molecule has 0 aliphatic carbocycles. The number of carboxylic acid groups (broad SMARTS) is 1. The van der Waals surface area contributed by atoms with Crippen LogP contribution in [-0.4, -0.2) is 25.7 Å². The van der Waals surface area contributed by atoms with Gasteiger partial charge in [0.25, 0.3) is 0 Å². The predicted octanol–water partition coefficient (Wildman–Crippen LogP) is 6.44. The summed E-state index contributed by atoms with van der Waals surface area (Å²) < 4.78 is 3.20. The van der Waals surface area contributed by atoms with E-state index in [1.165, 1.54) is 0 Å². The zero-order valence-electron chi connectivity index (χ0n) is 20.1. The van der Waals surface area contributed by atoms with Crippen molar-refractivity contribution >= 4 is 44.9 Å². The Morgan fingerprint density at radius 2 is 1.75 bits per heavy atom. The van der Waals surface area contributed by atoms with Gasteiger partial charge in [-0.1, -0.05) is 22.0 Å². The van der Waals surface area contributed by atoms with E-state index in [-0.39, 0.29) is 17.6 Å². The molecule has 1 aliphatic rings. The average Bonchev–Trinajstić information content (AvgIpc) is 3.36. The number of anilines is 1. The quantitative estimate of drug-likeness (QED) is 0.274. The summed E-state index contributed by atoms with van der Waals surface area (Å²) in [5.41, 5.74) is 7.46. The molecule has 2 aromatic heterocycles. The molecule has 0 amide bonds. The van der Waals surface area contributed by atoms with Crippen LogP contribution >= 0.6 is 28.1 Å². The van der Waals surface area contributed by atoms with Crippen molar-refractivity contribution in [2.75, 3.05) is 4.90 Å². The van der Waals surface area contributed by atoms with Gasteiger partial charge in [-0.15, -0.1) is 0 Å². The van der Waals surface area contributed by atoms with E-state index >= 15 is 0 Å². The molecule has 2 N–H and O–H groups in total. The number of aromatic nitrogens is 2. The molecule has 0 unspecified atom stereocenters. The van der Waals surface area contributed by atoms with E-state index < -0.39 is 5.97 Å². The summed E-state index contributed by atoms with van der Waals surface area (Å²) in [6.45, 7) is 6.22. The highest BCUT2D eigenvalue weighted by molar-refractivity contribution is 9.10. The molecule has 0 saturated carbocycles. The van der Waals surface area contributed by atoms with E-state index in [1.807, 2.05) is 36.4 Å². The fourth-order valence-electron chi connectivity index (χ4n) is 4.97. The van der Waals surface area contributed by atoms with Crippen LogP contribution in [0.1, 0.15) is 50.7 Å². The van der Waals surface area contributed by atoms with Crippen LogP contribution in [0.3, 0.4) is 0 Å². The lowest BCUT2D eigenvalue weighted by atomic mass is 9.96. The number of aryl methyl sites for hydroxylation is 2. The maximum Gasteiger partial charge on any atom is 0.335 e. The van der Waals surface area contributed by atoms with Crippen molar-refractivity contribution in [3.63, 3.8) is 0 Å². The normalized spacial score (nSPS) is 17.3. The lowest BCUT2D eigenvalue weighted by Gasteiger charge is -2.28. The number of thiocarbonyl (C=S) groups is 1. The number of nitrogens with one attached hydrogen (secondary N) is 1. The van der Waals surface area contributed by atoms with Gasteiger partial charge in [-0.25, -0.2) is 4.79 Å². The highest BCUT2D eigenvalue weighted by Gasteiger charge is 2.42. The van der Waals surface area contributed by atoms with Crippen LogP contribution in [0.4, 0.5) is 5.69 Å². The monoisotopic (exact) mass is 560 g/mol. The van der Waals surface area contributed by atoms with Gasteiger partial charge < -0.3 is 19.9 Å². The lowest BCUT2D eigenvalue weighted by Crippen LogP contribution is -2.29. The van der Waals surface area contributed by atoms with E-state index in [1.54, 1.807) is 18.3 Å².